The number of urea groups is 1. The number of unbranched alkanes of at least 4 members (excludes halogenated alkanes) is 18. The van der Waals surface area contributed by atoms with Crippen molar-refractivity contribution >= 4 is 6.03 Å². The van der Waals surface area contributed by atoms with Crippen molar-refractivity contribution in [2.24, 2.45) is 5.11 Å². The maximum absolute atomic E-state index is 11.9. The molecule has 0 rings (SSSR count). The van der Waals surface area contributed by atoms with Gasteiger partial charge >= 0.3 is 6.03 Å². The fraction of sp³-hybridized carbons (Fsp3) is 0.960. The smallest absolute Gasteiger partial charge is 0.322 e. The summed E-state index contributed by atoms with van der Waals surface area (Å²) < 4.78 is 0. The first-order valence-corrected chi connectivity index (χ1v) is 12.9. The Morgan fingerprint density at radius 3 is 1.10 bits per heavy atom. The van der Waals surface area contributed by atoms with Crippen LogP contribution in [0.5, 0.6) is 0 Å². The van der Waals surface area contributed by atoms with E-state index in [0.717, 1.165) is 25.9 Å². The van der Waals surface area contributed by atoms with Gasteiger partial charge in [0.25, 0.3) is 0 Å². The van der Waals surface area contributed by atoms with E-state index >= 15 is 0 Å². The highest BCUT2D eigenvalue weighted by molar-refractivity contribution is 5.74. The molecule has 0 unspecified atom stereocenters. The van der Waals surface area contributed by atoms with Crippen LogP contribution in [-0.4, -0.2) is 24.0 Å². The normalized spacial score (nSPS) is 11.0. The summed E-state index contributed by atoms with van der Waals surface area (Å²) in [6, 6.07) is -0.350. The SMILES string of the molecule is CCCCCCCCCCCCN(CCCCCCCCCCCC)C(=O)N=N. The maximum atomic E-state index is 11.9. The zero-order chi connectivity index (χ0) is 21.4. The lowest BCUT2D eigenvalue weighted by Crippen LogP contribution is -2.30. The van der Waals surface area contributed by atoms with Gasteiger partial charge in [0, 0.05) is 13.1 Å². The lowest BCUT2D eigenvalue weighted by atomic mass is 10.1. The van der Waals surface area contributed by atoms with E-state index in [4.69, 9.17) is 5.53 Å². The van der Waals surface area contributed by atoms with Crippen LogP contribution in [0.3, 0.4) is 0 Å². The van der Waals surface area contributed by atoms with Crippen molar-refractivity contribution < 1.29 is 4.79 Å². The first-order chi connectivity index (χ1) is 14.3. The first-order valence-electron chi connectivity index (χ1n) is 12.9. The van der Waals surface area contributed by atoms with Crippen molar-refractivity contribution in [2.45, 2.75) is 142 Å². The number of amides is 2. The van der Waals surface area contributed by atoms with Crippen molar-refractivity contribution in [3.8, 4) is 0 Å². The van der Waals surface area contributed by atoms with Crippen LogP contribution in [-0.2, 0) is 0 Å². The van der Waals surface area contributed by atoms with Crippen LogP contribution in [0.2, 0.25) is 0 Å². The van der Waals surface area contributed by atoms with Gasteiger partial charge in [0.15, 0.2) is 0 Å². The molecule has 0 saturated heterocycles. The second-order valence-corrected chi connectivity index (χ2v) is 8.75. The number of nitrogens with zero attached hydrogens (tertiary/aromatic N) is 2. The second-order valence-electron chi connectivity index (χ2n) is 8.75. The predicted molar refractivity (Wildman–Crippen MR) is 126 cm³/mol. The fourth-order valence-electron chi connectivity index (χ4n) is 3.95. The van der Waals surface area contributed by atoms with Gasteiger partial charge < -0.3 is 4.90 Å². The molecule has 4 heteroatoms. The monoisotopic (exact) mass is 409 g/mol. The largest absolute Gasteiger partial charge is 0.361 e. The minimum atomic E-state index is -0.350. The molecular formula is C25H51N3O. The van der Waals surface area contributed by atoms with Crippen molar-refractivity contribution in [3.05, 3.63) is 0 Å². The molecule has 29 heavy (non-hydrogen) atoms. The summed E-state index contributed by atoms with van der Waals surface area (Å²) in [6.07, 6.45) is 26.1. The van der Waals surface area contributed by atoms with E-state index < -0.39 is 0 Å². The molecule has 1 N–H and O–H groups in total. The van der Waals surface area contributed by atoms with Gasteiger partial charge in [-0.25, -0.2) is 4.79 Å². The Morgan fingerprint density at radius 2 is 0.828 bits per heavy atom. The molecule has 0 fully saturated rings. The molecule has 0 aliphatic rings. The molecule has 4 nitrogen and oxygen atoms in total. The quantitative estimate of drug-likeness (QED) is 0.140. The van der Waals surface area contributed by atoms with E-state index in [-0.39, 0.29) is 6.03 Å². The van der Waals surface area contributed by atoms with Gasteiger partial charge in [-0.05, 0) is 12.8 Å². The van der Waals surface area contributed by atoms with Crippen LogP contribution in [0.15, 0.2) is 5.11 Å². The van der Waals surface area contributed by atoms with Gasteiger partial charge in [-0.3, -0.25) is 0 Å². The molecule has 0 aliphatic heterocycles. The standard InChI is InChI=1S/C25H51N3O/c1-3-5-7-9-11-13-15-17-19-21-23-28(25(29)27-26)24-22-20-18-16-14-12-10-8-6-4-2/h26H,3-24H2,1-2H3. The van der Waals surface area contributed by atoms with Crippen molar-refractivity contribution in [1.82, 2.24) is 4.90 Å². The number of hydrogen-bond donors (Lipinski definition) is 1. The minimum absolute atomic E-state index is 0.350. The highest BCUT2D eigenvalue weighted by Crippen LogP contribution is 2.13. The second kappa shape index (κ2) is 23.3. The Morgan fingerprint density at radius 1 is 0.552 bits per heavy atom. The van der Waals surface area contributed by atoms with Crippen LogP contribution in [0.1, 0.15) is 142 Å². The van der Waals surface area contributed by atoms with Gasteiger partial charge in [-0.2, -0.15) is 5.53 Å². The molecule has 2 amide bonds. The zero-order valence-corrected chi connectivity index (χ0v) is 19.9. The molecule has 0 radical (unpaired) electrons. The average Bonchev–Trinajstić information content (AvgIpc) is 2.74. The first kappa shape index (κ1) is 28.1. The highest BCUT2D eigenvalue weighted by Gasteiger charge is 2.11. The number of rotatable bonds is 22. The summed E-state index contributed by atoms with van der Waals surface area (Å²) in [5, 5.41) is 3.15. The van der Waals surface area contributed by atoms with Gasteiger partial charge in [0.1, 0.15) is 0 Å². The van der Waals surface area contributed by atoms with Crippen molar-refractivity contribution in [2.75, 3.05) is 13.1 Å². The molecule has 172 valence electrons. The van der Waals surface area contributed by atoms with Crippen molar-refractivity contribution in [1.29, 1.82) is 5.53 Å². The van der Waals surface area contributed by atoms with Crippen LogP contribution in [0.25, 0.3) is 0 Å². The molecular weight excluding hydrogens is 358 g/mol. The van der Waals surface area contributed by atoms with E-state index in [2.05, 4.69) is 19.0 Å². The molecule has 0 aliphatic carbocycles. The topological polar surface area (TPSA) is 56.5 Å². The van der Waals surface area contributed by atoms with E-state index in [1.807, 2.05) is 0 Å². The Bertz CT molecular complexity index is 336. The molecule has 0 aromatic heterocycles. The van der Waals surface area contributed by atoms with E-state index in [1.165, 1.54) is 116 Å². The van der Waals surface area contributed by atoms with E-state index in [0.29, 0.717) is 0 Å². The van der Waals surface area contributed by atoms with E-state index in [9.17, 15) is 4.79 Å². The number of carbonyl (C=O) groups is 1. The summed E-state index contributed by atoms with van der Waals surface area (Å²) in [6.45, 7) is 6.07. The summed E-state index contributed by atoms with van der Waals surface area (Å²) in [5.74, 6) is 0. The maximum Gasteiger partial charge on any atom is 0.361 e. The average molecular weight is 410 g/mol. The minimum Gasteiger partial charge on any atom is -0.322 e. The third-order valence-electron chi connectivity index (χ3n) is 5.93. The van der Waals surface area contributed by atoms with E-state index in [1.54, 1.807) is 4.90 Å². The fourth-order valence-corrected chi connectivity index (χ4v) is 3.95. The Kier molecular flexibility index (Phi) is 22.6. The third kappa shape index (κ3) is 20.1. The lowest BCUT2D eigenvalue weighted by Gasteiger charge is -2.19. The van der Waals surface area contributed by atoms with Crippen LogP contribution in [0, 0.1) is 5.53 Å². The molecule has 0 saturated carbocycles. The summed E-state index contributed by atoms with van der Waals surface area (Å²) in [5.41, 5.74) is 7.05. The zero-order valence-electron chi connectivity index (χ0n) is 19.9. The Balaban J connectivity index is 3.60. The summed E-state index contributed by atoms with van der Waals surface area (Å²) >= 11 is 0. The van der Waals surface area contributed by atoms with Gasteiger partial charge in [-0.1, -0.05) is 135 Å². The van der Waals surface area contributed by atoms with Crippen LogP contribution in [0.4, 0.5) is 4.79 Å². The highest BCUT2D eigenvalue weighted by atomic mass is 16.2. The van der Waals surface area contributed by atoms with Gasteiger partial charge in [0.2, 0.25) is 0 Å². The number of carbonyl (C=O) groups excluding carboxylic acids is 1. The van der Waals surface area contributed by atoms with Crippen LogP contribution >= 0.6 is 0 Å². The number of hydrogen-bond acceptors (Lipinski definition) is 2. The molecule has 0 spiro atoms. The van der Waals surface area contributed by atoms with Crippen LogP contribution < -0.4 is 0 Å². The molecule has 0 atom stereocenters. The molecule has 0 aromatic rings. The molecule has 0 heterocycles. The number of nitrogens with one attached hydrogen (secondary N) is 1. The summed E-state index contributed by atoms with van der Waals surface area (Å²) in [4.78, 5) is 13.7. The van der Waals surface area contributed by atoms with Gasteiger partial charge in [0.05, 0.1) is 0 Å². The van der Waals surface area contributed by atoms with Gasteiger partial charge in [-0.15, -0.1) is 0 Å². The molecule has 0 aromatic carbocycles. The predicted octanol–water partition coefficient (Wildman–Crippen LogP) is 9.28. The lowest BCUT2D eigenvalue weighted by molar-refractivity contribution is 0.202. The Labute approximate surface area is 182 Å². The van der Waals surface area contributed by atoms with Crippen molar-refractivity contribution in [3.63, 3.8) is 0 Å². The molecule has 0 bridgehead atoms. The summed E-state index contributed by atoms with van der Waals surface area (Å²) in [7, 11) is 0. The Hall–Kier alpha value is -0.930. The third-order valence-corrected chi connectivity index (χ3v) is 5.93.